The van der Waals surface area contributed by atoms with E-state index in [1.807, 2.05) is 97.1 Å². The van der Waals surface area contributed by atoms with Crippen LogP contribution in [0.5, 0.6) is 23.0 Å². The average molecular weight is 1450 g/mol. The van der Waals surface area contributed by atoms with Crippen LogP contribution in [0, 0.1) is 0 Å². The summed E-state index contributed by atoms with van der Waals surface area (Å²) in [5.74, 6) is 0.144. The van der Waals surface area contributed by atoms with Crippen molar-refractivity contribution in [2.45, 2.75) is 50.3 Å². The fourth-order valence-electron chi connectivity index (χ4n) is 16.1. The van der Waals surface area contributed by atoms with Gasteiger partial charge in [-0.2, -0.15) is 0 Å². The number of aromatic hydroxyl groups is 4. The minimum atomic E-state index is -0.463. The summed E-state index contributed by atoms with van der Waals surface area (Å²) >= 11 is 0. The van der Waals surface area contributed by atoms with E-state index in [9.17, 15) is 20.4 Å². The molecule has 0 unspecified atom stereocenters. The largest absolute Gasteiger partial charge is 0.507 e. The van der Waals surface area contributed by atoms with Gasteiger partial charge in [-0.15, -0.1) is 0 Å². The van der Waals surface area contributed by atoms with E-state index >= 15 is 0 Å². The molecule has 0 radical (unpaired) electrons. The zero-order chi connectivity index (χ0) is 75.7. The van der Waals surface area contributed by atoms with Crippen molar-refractivity contribution in [2.75, 3.05) is 0 Å². The van der Waals surface area contributed by atoms with E-state index in [0.29, 0.717) is 44.5 Å². The molecule has 544 valence electrons. The molecule has 0 amide bonds. The van der Waals surface area contributed by atoms with Crippen LogP contribution >= 0.6 is 0 Å². The van der Waals surface area contributed by atoms with E-state index in [1.165, 1.54) is 0 Å². The lowest BCUT2D eigenvalue weighted by molar-refractivity contribution is 0.373. The van der Waals surface area contributed by atoms with Crippen molar-refractivity contribution in [3.8, 4) is 45.3 Å². The standard InChI is InChI=1S/C104H84N4O4/c109-101-85-61-81-57-73(45-41-69-25-9-1-10-26-69)49-53-89(81)93(101)94-90-54-50-74(46-42-70-27-11-2-12-28-70)58-82(90)62-86(102(94)110)66-106-99(79-37-21-7-22-38-79)100(80-39-23-8-24-40-80)108-68-88-64-84-60-76(48-44-72-31-15-4-16-32-72)52-56-92(84)96(104(88)112)95-91-55-51-75(47-43-71-29-13-3-14-30-71)59-83(91)63-87(103(95)111)67-107-98(78-35-19-6-20-36-78)97(105-65-85)77-33-17-5-18-34-77/h1-64,97-100,105-112H,65-68H2/b45-41+,46-42+,47-43+,48-44+/t97-,98-,99-,100-/m1/s1. The molecule has 0 aromatic heterocycles. The highest BCUT2D eigenvalue weighted by molar-refractivity contribution is 6.13. The molecule has 16 aromatic carbocycles. The van der Waals surface area contributed by atoms with Crippen LogP contribution in [0.3, 0.4) is 0 Å². The molecule has 16 aromatic rings. The van der Waals surface area contributed by atoms with Gasteiger partial charge in [0.2, 0.25) is 0 Å². The van der Waals surface area contributed by atoms with Crippen LogP contribution < -0.4 is 21.3 Å². The Balaban J connectivity index is 0.904. The summed E-state index contributed by atoms with van der Waals surface area (Å²) in [7, 11) is 0. The average Bonchev–Trinajstić information content (AvgIpc) is 0.742. The van der Waals surface area contributed by atoms with Gasteiger partial charge >= 0.3 is 0 Å². The normalized spacial score (nSPS) is 15.9. The minimum Gasteiger partial charge on any atom is -0.507 e. The van der Waals surface area contributed by atoms with Gasteiger partial charge in [0.05, 0.1) is 24.2 Å². The van der Waals surface area contributed by atoms with Crippen molar-refractivity contribution < 1.29 is 20.4 Å². The molecule has 112 heavy (non-hydrogen) atoms. The van der Waals surface area contributed by atoms with Crippen LogP contribution in [0.1, 0.15) is 113 Å². The van der Waals surface area contributed by atoms with Crippen molar-refractivity contribution in [3.05, 3.63) is 429 Å². The zero-order valence-corrected chi connectivity index (χ0v) is 61.9. The second-order valence-corrected chi connectivity index (χ2v) is 29.0. The number of rotatable bonds is 12. The van der Waals surface area contributed by atoms with E-state index in [2.05, 4.69) is 313 Å². The Morgan fingerprint density at radius 1 is 0.196 bits per heavy atom. The number of phenols is 4. The Bertz CT molecular complexity index is 5410. The second kappa shape index (κ2) is 32.8. The molecule has 8 heteroatoms. The van der Waals surface area contributed by atoms with Gasteiger partial charge < -0.3 is 41.7 Å². The minimum absolute atomic E-state index is 0.0359. The summed E-state index contributed by atoms with van der Waals surface area (Å²) in [5, 5.41) is 77.8. The Hall–Kier alpha value is -13.4. The zero-order valence-electron chi connectivity index (χ0n) is 61.9. The number of hydrogen-bond acceptors (Lipinski definition) is 8. The van der Waals surface area contributed by atoms with Gasteiger partial charge in [-0.25, -0.2) is 0 Å². The Labute approximate surface area is 653 Å². The predicted molar refractivity (Wildman–Crippen MR) is 466 cm³/mol. The predicted octanol–water partition coefficient (Wildman–Crippen LogP) is 24.2. The summed E-state index contributed by atoms with van der Waals surface area (Å²) in [6.07, 6.45) is 16.9. The Morgan fingerprint density at radius 3 is 0.571 bits per heavy atom. The van der Waals surface area contributed by atoms with Crippen LogP contribution in [-0.4, -0.2) is 20.4 Å². The quantitative estimate of drug-likeness (QED) is 0.0568. The Kier molecular flexibility index (Phi) is 20.9. The Morgan fingerprint density at radius 2 is 0.375 bits per heavy atom. The van der Waals surface area contributed by atoms with Gasteiger partial charge in [0.15, 0.2) is 0 Å². The second-order valence-electron chi connectivity index (χ2n) is 29.0. The molecule has 8 nitrogen and oxygen atoms in total. The summed E-state index contributed by atoms with van der Waals surface area (Å²) < 4.78 is 0. The van der Waals surface area contributed by atoms with Crippen LogP contribution in [0.15, 0.2) is 340 Å². The lowest BCUT2D eigenvalue weighted by Crippen LogP contribution is -2.35. The molecule has 0 aliphatic carbocycles. The highest BCUT2D eigenvalue weighted by Gasteiger charge is 2.32. The third-order valence-corrected chi connectivity index (χ3v) is 21.8. The van der Waals surface area contributed by atoms with Crippen molar-refractivity contribution in [3.63, 3.8) is 0 Å². The van der Waals surface area contributed by atoms with Gasteiger partial charge in [0.25, 0.3) is 0 Å². The first kappa shape index (κ1) is 71.5. The van der Waals surface area contributed by atoms with Gasteiger partial charge in [0.1, 0.15) is 23.0 Å². The molecule has 0 spiro atoms. The maximum absolute atomic E-state index is 13.8. The van der Waals surface area contributed by atoms with Crippen molar-refractivity contribution in [1.29, 1.82) is 0 Å². The van der Waals surface area contributed by atoms with Gasteiger partial charge in [-0.3, -0.25) is 0 Å². The monoisotopic (exact) mass is 1450 g/mol. The molecule has 0 saturated heterocycles. The molecule has 17 rings (SSSR count). The van der Waals surface area contributed by atoms with Crippen LogP contribution in [0.4, 0.5) is 0 Å². The van der Waals surface area contributed by atoms with Crippen LogP contribution in [-0.2, 0) is 26.2 Å². The smallest absolute Gasteiger partial charge is 0.128 e. The van der Waals surface area contributed by atoms with E-state index < -0.39 is 24.2 Å². The number of hydrogen-bond donors (Lipinski definition) is 8. The highest BCUT2D eigenvalue weighted by atomic mass is 16.3. The number of fused-ring (bicyclic) bond motifs is 18. The maximum atomic E-state index is 13.8. The number of benzene rings is 16. The molecule has 8 N–H and O–H groups in total. The summed E-state index contributed by atoms with van der Waals surface area (Å²) in [4.78, 5) is 0. The van der Waals surface area contributed by atoms with E-state index in [-0.39, 0.29) is 49.2 Å². The van der Waals surface area contributed by atoms with Crippen LogP contribution in [0.25, 0.3) is 114 Å². The first-order valence-electron chi connectivity index (χ1n) is 38.4. The van der Waals surface area contributed by atoms with Gasteiger partial charge in [-0.1, -0.05) is 340 Å². The van der Waals surface area contributed by atoms with E-state index in [0.717, 1.165) is 110 Å². The third-order valence-electron chi connectivity index (χ3n) is 21.8. The van der Waals surface area contributed by atoms with Crippen LogP contribution in [0.2, 0.25) is 0 Å². The summed E-state index contributed by atoms with van der Waals surface area (Å²) in [6, 6.07) is 114. The third kappa shape index (κ3) is 15.5. The van der Waals surface area contributed by atoms with Crippen molar-refractivity contribution in [1.82, 2.24) is 21.3 Å². The molecule has 1 aliphatic heterocycles. The maximum Gasteiger partial charge on any atom is 0.128 e. The van der Waals surface area contributed by atoms with Crippen molar-refractivity contribution >= 4 is 91.7 Å². The highest BCUT2D eigenvalue weighted by Crippen LogP contribution is 2.51. The lowest BCUT2D eigenvalue weighted by atomic mass is 9.86. The van der Waals surface area contributed by atoms with Gasteiger partial charge in [0, 0.05) is 70.7 Å². The SMILES string of the molecule is Oc1c2cc3cc(/C=C/c4ccccc4)ccc3c1-c1c(O)c(cc3cc(/C=C/c4ccccc4)ccc13)CN[C@H](c1ccccc1)[C@@H](c1ccccc1)NCc1cc3cc(/C=C/c4ccccc4)ccc3c(c1O)-c1c(O)c(cc3cc(/C=C/c4ccccc4)ccc13)CN[C@H](c1ccccc1)[C@@H](c1ccccc1)NC2. The molecular weight excluding hydrogens is 1370 g/mol. The molecule has 0 fully saturated rings. The molecule has 8 bridgehead atoms. The first-order chi connectivity index (χ1) is 55.2. The topological polar surface area (TPSA) is 129 Å². The number of phenolic OH excluding ortho intramolecular Hbond substituents is 4. The summed E-state index contributed by atoms with van der Waals surface area (Å²) in [5.41, 5.74) is 16.6. The fraction of sp³-hybridized carbons (Fsp3) is 0.0769. The van der Waals surface area contributed by atoms with Gasteiger partial charge in [-0.05, 0) is 158 Å². The molecule has 0 saturated carbocycles. The molecular formula is C104H84N4O4. The summed E-state index contributed by atoms with van der Waals surface area (Å²) in [6.45, 7) is 0.728. The molecule has 4 atom stereocenters. The lowest BCUT2D eigenvalue weighted by Gasteiger charge is -2.31. The molecule has 1 heterocycles. The molecule has 1 aliphatic rings. The van der Waals surface area contributed by atoms with Crippen molar-refractivity contribution in [2.24, 2.45) is 0 Å². The first-order valence-corrected chi connectivity index (χ1v) is 38.4. The number of nitrogens with one attached hydrogen (secondary N) is 4. The van der Waals surface area contributed by atoms with E-state index in [4.69, 9.17) is 0 Å². The fourth-order valence-corrected chi connectivity index (χ4v) is 16.1. The van der Waals surface area contributed by atoms with E-state index in [1.54, 1.807) is 0 Å².